The Balaban J connectivity index is 1.73. The largest absolute Gasteiger partial charge is 0.322 e. The molecule has 0 aliphatic heterocycles. The molecule has 120 valence electrons. The van der Waals surface area contributed by atoms with Gasteiger partial charge in [-0.2, -0.15) is 5.10 Å². The van der Waals surface area contributed by atoms with Gasteiger partial charge in [0.1, 0.15) is 6.33 Å². The molecule has 8 heteroatoms. The second-order valence-corrected chi connectivity index (χ2v) is 5.67. The van der Waals surface area contributed by atoms with Gasteiger partial charge in [0.2, 0.25) is 0 Å². The molecule has 0 aliphatic rings. The first-order valence-electron chi connectivity index (χ1n) is 7.39. The summed E-state index contributed by atoms with van der Waals surface area (Å²) < 4.78 is 1.95. The van der Waals surface area contributed by atoms with Crippen LogP contribution < -0.4 is 5.32 Å². The summed E-state index contributed by atoms with van der Waals surface area (Å²) in [5, 5.41) is 18.7. The van der Waals surface area contributed by atoms with E-state index in [1.54, 1.807) is 24.5 Å². The van der Waals surface area contributed by atoms with E-state index in [-0.39, 0.29) is 12.1 Å². The van der Waals surface area contributed by atoms with Crippen molar-refractivity contribution < 1.29 is 4.79 Å². The van der Waals surface area contributed by atoms with Crippen molar-refractivity contribution in [3.05, 3.63) is 36.5 Å². The smallest absolute Gasteiger partial charge is 0.320 e. The van der Waals surface area contributed by atoms with Gasteiger partial charge in [0.25, 0.3) is 0 Å². The fourth-order valence-corrected chi connectivity index (χ4v) is 2.38. The molecule has 0 saturated heterocycles. The molecule has 0 radical (unpaired) electrons. The summed E-state index contributed by atoms with van der Waals surface area (Å²) in [4.78, 5) is 14.0. The predicted molar refractivity (Wildman–Crippen MR) is 87.0 cm³/mol. The van der Waals surface area contributed by atoms with Gasteiger partial charge in [-0.15, -0.1) is 10.2 Å². The Hall–Kier alpha value is -2.90. The number of urea groups is 1. The molecule has 0 bridgehead atoms. The van der Waals surface area contributed by atoms with Crippen LogP contribution in [0.5, 0.6) is 0 Å². The van der Waals surface area contributed by atoms with Crippen LogP contribution in [-0.2, 0) is 6.54 Å². The zero-order chi connectivity index (χ0) is 16.4. The van der Waals surface area contributed by atoms with Gasteiger partial charge in [0.05, 0.1) is 23.9 Å². The average molecular weight is 313 g/mol. The summed E-state index contributed by atoms with van der Waals surface area (Å²) in [6.45, 7) is 4.48. The first kappa shape index (κ1) is 15.0. The second-order valence-electron chi connectivity index (χ2n) is 5.67. The summed E-state index contributed by atoms with van der Waals surface area (Å²) in [7, 11) is 1.73. The van der Waals surface area contributed by atoms with Crippen molar-refractivity contribution in [3.63, 3.8) is 0 Å². The van der Waals surface area contributed by atoms with E-state index in [9.17, 15) is 4.79 Å². The lowest BCUT2D eigenvalue weighted by atomic mass is 10.2. The second kappa shape index (κ2) is 6.07. The average Bonchev–Trinajstić information content (AvgIpc) is 3.16. The molecule has 3 rings (SSSR count). The van der Waals surface area contributed by atoms with Crippen LogP contribution in [0.2, 0.25) is 0 Å². The van der Waals surface area contributed by atoms with Crippen LogP contribution in [0.25, 0.3) is 10.9 Å². The van der Waals surface area contributed by atoms with Gasteiger partial charge in [-0.25, -0.2) is 4.79 Å². The number of nitrogens with zero attached hydrogens (tertiary/aromatic N) is 5. The van der Waals surface area contributed by atoms with Crippen molar-refractivity contribution >= 4 is 22.6 Å². The summed E-state index contributed by atoms with van der Waals surface area (Å²) in [5.41, 5.74) is 1.60. The highest BCUT2D eigenvalue weighted by molar-refractivity contribution is 6.00. The van der Waals surface area contributed by atoms with Crippen LogP contribution in [0, 0.1) is 0 Å². The highest BCUT2D eigenvalue weighted by Crippen LogP contribution is 2.21. The molecule has 1 aromatic carbocycles. The first-order valence-corrected chi connectivity index (χ1v) is 7.39. The number of anilines is 1. The number of H-pyrrole nitrogens is 1. The summed E-state index contributed by atoms with van der Waals surface area (Å²) in [6, 6.07) is 5.66. The molecule has 3 aromatic rings. The third-order valence-electron chi connectivity index (χ3n) is 3.66. The van der Waals surface area contributed by atoms with Crippen LogP contribution >= 0.6 is 0 Å². The Morgan fingerprint density at radius 3 is 3.04 bits per heavy atom. The number of fused-ring (bicyclic) bond motifs is 1. The molecule has 2 aromatic heterocycles. The molecule has 0 saturated carbocycles. The van der Waals surface area contributed by atoms with Crippen LogP contribution in [0.3, 0.4) is 0 Å². The lowest BCUT2D eigenvalue weighted by molar-refractivity contribution is 0.218. The number of aromatic amines is 1. The van der Waals surface area contributed by atoms with Crippen LogP contribution in [0.15, 0.2) is 30.7 Å². The van der Waals surface area contributed by atoms with E-state index in [4.69, 9.17) is 0 Å². The molecule has 2 heterocycles. The number of hydrogen-bond donors (Lipinski definition) is 2. The van der Waals surface area contributed by atoms with E-state index >= 15 is 0 Å². The fourth-order valence-electron chi connectivity index (χ4n) is 2.38. The van der Waals surface area contributed by atoms with E-state index in [0.29, 0.717) is 6.54 Å². The zero-order valence-electron chi connectivity index (χ0n) is 13.3. The number of rotatable bonds is 4. The number of carbonyl (C=O) groups excluding carboxylic acids is 1. The number of nitrogens with one attached hydrogen (secondary N) is 2. The third kappa shape index (κ3) is 3.01. The number of aromatic nitrogens is 5. The summed E-state index contributed by atoms with van der Waals surface area (Å²) >= 11 is 0. The monoisotopic (exact) mass is 313 g/mol. The lowest BCUT2D eigenvalue weighted by Gasteiger charge is -2.19. The van der Waals surface area contributed by atoms with Gasteiger partial charge in [0, 0.05) is 18.5 Å². The van der Waals surface area contributed by atoms with Crippen LogP contribution in [-0.4, -0.2) is 42.9 Å². The van der Waals surface area contributed by atoms with Gasteiger partial charge in [-0.05, 0) is 26.0 Å². The molecule has 23 heavy (non-hydrogen) atoms. The molecule has 0 atom stereocenters. The first-order chi connectivity index (χ1) is 11.1. The topological polar surface area (TPSA) is 91.7 Å². The van der Waals surface area contributed by atoms with Gasteiger partial charge in [0.15, 0.2) is 5.82 Å². The van der Waals surface area contributed by atoms with E-state index in [1.807, 2.05) is 36.6 Å². The fraction of sp³-hybridized carbons (Fsp3) is 0.333. The molecule has 0 unspecified atom stereocenters. The van der Waals surface area contributed by atoms with Crippen molar-refractivity contribution in [2.75, 3.05) is 12.4 Å². The van der Waals surface area contributed by atoms with E-state index < -0.39 is 0 Å². The Morgan fingerprint density at radius 1 is 1.43 bits per heavy atom. The maximum Gasteiger partial charge on any atom is 0.322 e. The summed E-state index contributed by atoms with van der Waals surface area (Å²) in [6.07, 6.45) is 3.37. The van der Waals surface area contributed by atoms with Gasteiger partial charge >= 0.3 is 6.03 Å². The van der Waals surface area contributed by atoms with Crippen LogP contribution in [0.1, 0.15) is 25.7 Å². The van der Waals surface area contributed by atoms with Crippen molar-refractivity contribution in [1.29, 1.82) is 0 Å². The normalized spacial score (nSPS) is 11.1. The minimum absolute atomic E-state index is 0.211. The highest BCUT2D eigenvalue weighted by atomic mass is 16.2. The molecule has 2 N–H and O–H groups in total. The standard InChI is InChI=1S/C15H19N7O/c1-10(2)22-9-17-20-14(22)8-21(3)15(23)18-12-5-4-6-13-11(12)7-16-19-13/h4-7,9-10H,8H2,1-3H3,(H,16,19)(H,18,23). The summed E-state index contributed by atoms with van der Waals surface area (Å²) in [5.74, 6) is 0.749. The SMILES string of the molecule is CC(C)n1cnnc1CN(C)C(=O)Nc1cccc2[nH]ncc12. The predicted octanol–water partition coefficient (Wildman–Crippen LogP) is 2.40. The zero-order valence-corrected chi connectivity index (χ0v) is 13.3. The van der Waals surface area contributed by atoms with Crippen molar-refractivity contribution in [3.8, 4) is 0 Å². The van der Waals surface area contributed by atoms with Crippen molar-refractivity contribution in [1.82, 2.24) is 29.9 Å². The van der Waals surface area contributed by atoms with E-state index in [0.717, 1.165) is 22.4 Å². The number of amides is 2. The number of hydrogen-bond acceptors (Lipinski definition) is 4. The van der Waals surface area contributed by atoms with E-state index in [1.165, 1.54) is 0 Å². The molecule has 8 nitrogen and oxygen atoms in total. The Kier molecular flexibility index (Phi) is 3.96. The van der Waals surface area contributed by atoms with Gasteiger partial charge in [-0.1, -0.05) is 6.07 Å². The van der Waals surface area contributed by atoms with Gasteiger partial charge < -0.3 is 14.8 Å². The molecule has 0 fully saturated rings. The van der Waals surface area contributed by atoms with Crippen LogP contribution in [0.4, 0.5) is 10.5 Å². The maximum absolute atomic E-state index is 12.4. The minimum Gasteiger partial charge on any atom is -0.320 e. The molecular weight excluding hydrogens is 294 g/mol. The number of benzene rings is 1. The molecule has 2 amide bonds. The van der Waals surface area contributed by atoms with Gasteiger partial charge in [-0.3, -0.25) is 5.10 Å². The quantitative estimate of drug-likeness (QED) is 0.773. The third-order valence-corrected chi connectivity index (χ3v) is 3.66. The van der Waals surface area contributed by atoms with Crippen molar-refractivity contribution in [2.24, 2.45) is 0 Å². The molecule has 0 spiro atoms. The minimum atomic E-state index is -0.211. The Morgan fingerprint density at radius 2 is 2.26 bits per heavy atom. The molecule has 0 aliphatic carbocycles. The van der Waals surface area contributed by atoms with Crippen molar-refractivity contribution in [2.45, 2.75) is 26.4 Å². The van der Waals surface area contributed by atoms with E-state index in [2.05, 4.69) is 25.7 Å². The Bertz CT molecular complexity index is 820. The maximum atomic E-state index is 12.4. The molecular formula is C15H19N7O. The lowest BCUT2D eigenvalue weighted by Crippen LogP contribution is -2.32. The highest BCUT2D eigenvalue weighted by Gasteiger charge is 2.15. The number of carbonyl (C=O) groups is 1. The Labute approximate surface area is 133 Å².